The molecule has 0 aromatic heterocycles. The molecule has 2 N–H and O–H groups in total. The van der Waals surface area contributed by atoms with Gasteiger partial charge in [0.25, 0.3) is 0 Å². The van der Waals surface area contributed by atoms with Gasteiger partial charge in [0.1, 0.15) is 5.75 Å². The molecule has 1 fully saturated rings. The van der Waals surface area contributed by atoms with Crippen molar-refractivity contribution in [3.8, 4) is 5.75 Å². The van der Waals surface area contributed by atoms with Gasteiger partial charge in [-0.15, -0.1) is 0 Å². The van der Waals surface area contributed by atoms with Gasteiger partial charge in [-0.1, -0.05) is 0 Å². The lowest BCUT2D eigenvalue weighted by Crippen LogP contribution is -2.48. The first-order chi connectivity index (χ1) is 9.69. The summed E-state index contributed by atoms with van der Waals surface area (Å²) >= 11 is 0. The minimum atomic E-state index is -0.0567. The average molecular weight is 276 g/mol. The molecule has 5 heteroatoms. The topological polar surface area (TPSA) is 67.4 Å². The van der Waals surface area contributed by atoms with Crippen LogP contribution in [0.1, 0.15) is 23.2 Å². The van der Waals surface area contributed by atoms with Crippen molar-refractivity contribution in [3.05, 3.63) is 29.8 Å². The van der Waals surface area contributed by atoms with Crippen molar-refractivity contribution in [1.29, 1.82) is 0 Å². The SMILES string of the molecule is COc1ccc(C(=O)CCC(=O)NCC2CNC2)cc1. The number of carbonyl (C=O) groups excluding carboxylic acids is 2. The minimum absolute atomic E-state index is 0.0203. The molecule has 1 aliphatic rings. The zero-order valence-corrected chi connectivity index (χ0v) is 11.6. The number of Topliss-reactive ketones (excluding diaryl/α,β-unsaturated/α-hetero) is 1. The fourth-order valence-corrected chi connectivity index (χ4v) is 1.99. The summed E-state index contributed by atoms with van der Waals surface area (Å²) in [4.78, 5) is 23.5. The summed E-state index contributed by atoms with van der Waals surface area (Å²) in [6, 6.07) is 6.94. The molecule has 5 nitrogen and oxygen atoms in total. The van der Waals surface area contributed by atoms with Crippen LogP contribution in [0.3, 0.4) is 0 Å². The van der Waals surface area contributed by atoms with Crippen LogP contribution in [-0.4, -0.2) is 38.4 Å². The van der Waals surface area contributed by atoms with Crippen molar-refractivity contribution in [1.82, 2.24) is 10.6 Å². The van der Waals surface area contributed by atoms with E-state index in [1.807, 2.05) is 0 Å². The van der Waals surface area contributed by atoms with Crippen LogP contribution in [0, 0.1) is 5.92 Å². The predicted octanol–water partition coefficient (Wildman–Crippen LogP) is 0.994. The average Bonchev–Trinajstić information content (AvgIpc) is 2.43. The Hall–Kier alpha value is -1.88. The molecule has 1 heterocycles. The van der Waals surface area contributed by atoms with Gasteiger partial charge < -0.3 is 15.4 Å². The van der Waals surface area contributed by atoms with E-state index in [1.54, 1.807) is 31.4 Å². The van der Waals surface area contributed by atoms with Crippen molar-refractivity contribution < 1.29 is 14.3 Å². The smallest absolute Gasteiger partial charge is 0.220 e. The lowest BCUT2D eigenvalue weighted by atomic mass is 10.0. The van der Waals surface area contributed by atoms with Crippen LogP contribution in [0.25, 0.3) is 0 Å². The van der Waals surface area contributed by atoms with Crippen LogP contribution in [0.2, 0.25) is 0 Å². The van der Waals surface area contributed by atoms with E-state index in [9.17, 15) is 9.59 Å². The van der Waals surface area contributed by atoms with E-state index in [0.29, 0.717) is 23.8 Å². The van der Waals surface area contributed by atoms with E-state index in [1.165, 1.54) is 0 Å². The van der Waals surface area contributed by atoms with E-state index in [4.69, 9.17) is 4.74 Å². The summed E-state index contributed by atoms with van der Waals surface area (Å²) in [6.07, 6.45) is 0.478. The van der Waals surface area contributed by atoms with Crippen molar-refractivity contribution in [2.45, 2.75) is 12.8 Å². The number of hydrogen-bond donors (Lipinski definition) is 2. The molecular weight excluding hydrogens is 256 g/mol. The first-order valence-electron chi connectivity index (χ1n) is 6.83. The maximum Gasteiger partial charge on any atom is 0.220 e. The zero-order valence-electron chi connectivity index (χ0n) is 11.6. The Kier molecular flexibility index (Phi) is 5.12. The Morgan fingerprint density at radius 2 is 1.95 bits per heavy atom. The van der Waals surface area contributed by atoms with Gasteiger partial charge in [0.05, 0.1) is 7.11 Å². The largest absolute Gasteiger partial charge is 0.497 e. The molecule has 1 saturated heterocycles. The zero-order chi connectivity index (χ0) is 14.4. The van der Waals surface area contributed by atoms with Crippen LogP contribution < -0.4 is 15.4 Å². The van der Waals surface area contributed by atoms with Crippen LogP contribution in [-0.2, 0) is 4.79 Å². The van der Waals surface area contributed by atoms with Crippen LogP contribution in [0.4, 0.5) is 0 Å². The van der Waals surface area contributed by atoms with E-state index in [0.717, 1.165) is 13.1 Å². The summed E-state index contributed by atoms with van der Waals surface area (Å²) < 4.78 is 5.04. The van der Waals surface area contributed by atoms with Gasteiger partial charge in [-0.25, -0.2) is 0 Å². The van der Waals surface area contributed by atoms with Crippen LogP contribution in [0.15, 0.2) is 24.3 Å². The third-order valence-electron chi connectivity index (χ3n) is 3.45. The number of ether oxygens (including phenoxy) is 1. The Morgan fingerprint density at radius 3 is 2.50 bits per heavy atom. The molecule has 1 aliphatic heterocycles. The Balaban J connectivity index is 1.71. The van der Waals surface area contributed by atoms with Gasteiger partial charge in [-0.3, -0.25) is 9.59 Å². The molecule has 0 unspecified atom stereocenters. The third kappa shape index (κ3) is 4.06. The number of ketones is 1. The number of benzene rings is 1. The fourth-order valence-electron chi connectivity index (χ4n) is 1.99. The monoisotopic (exact) mass is 276 g/mol. The maximum atomic E-state index is 11.9. The molecule has 1 aromatic carbocycles. The van der Waals surface area contributed by atoms with Gasteiger partial charge in [0, 0.05) is 44.0 Å². The lowest BCUT2D eigenvalue weighted by Gasteiger charge is -2.27. The highest BCUT2D eigenvalue weighted by molar-refractivity contribution is 5.98. The molecule has 0 radical (unpaired) electrons. The van der Waals surface area contributed by atoms with Crippen molar-refractivity contribution in [2.75, 3.05) is 26.7 Å². The van der Waals surface area contributed by atoms with Crippen molar-refractivity contribution >= 4 is 11.7 Å². The molecule has 0 aliphatic carbocycles. The number of carbonyl (C=O) groups is 2. The highest BCUT2D eigenvalue weighted by Crippen LogP contribution is 2.13. The molecule has 108 valence electrons. The van der Waals surface area contributed by atoms with Crippen LogP contribution >= 0.6 is 0 Å². The lowest BCUT2D eigenvalue weighted by molar-refractivity contribution is -0.121. The number of nitrogens with one attached hydrogen (secondary N) is 2. The third-order valence-corrected chi connectivity index (χ3v) is 3.45. The fraction of sp³-hybridized carbons (Fsp3) is 0.467. The molecule has 1 aromatic rings. The number of rotatable bonds is 7. The molecule has 1 amide bonds. The molecule has 2 rings (SSSR count). The van der Waals surface area contributed by atoms with Crippen molar-refractivity contribution in [3.63, 3.8) is 0 Å². The first kappa shape index (κ1) is 14.5. The Morgan fingerprint density at radius 1 is 1.25 bits per heavy atom. The second-order valence-corrected chi connectivity index (χ2v) is 4.98. The Bertz CT molecular complexity index is 467. The predicted molar refractivity (Wildman–Crippen MR) is 75.9 cm³/mol. The summed E-state index contributed by atoms with van der Waals surface area (Å²) in [6.45, 7) is 2.62. The van der Waals surface area contributed by atoms with E-state index in [-0.39, 0.29) is 24.5 Å². The normalized spacial score (nSPS) is 14.4. The summed E-state index contributed by atoms with van der Waals surface area (Å²) in [5, 5.41) is 6.01. The van der Waals surface area contributed by atoms with E-state index < -0.39 is 0 Å². The van der Waals surface area contributed by atoms with Gasteiger partial charge >= 0.3 is 0 Å². The van der Waals surface area contributed by atoms with E-state index >= 15 is 0 Å². The van der Waals surface area contributed by atoms with Gasteiger partial charge in [-0.2, -0.15) is 0 Å². The van der Waals surface area contributed by atoms with Gasteiger partial charge in [0.2, 0.25) is 5.91 Å². The van der Waals surface area contributed by atoms with Crippen LogP contribution in [0.5, 0.6) is 5.75 Å². The second kappa shape index (κ2) is 7.05. The minimum Gasteiger partial charge on any atom is -0.497 e. The number of methoxy groups -OCH3 is 1. The highest BCUT2D eigenvalue weighted by atomic mass is 16.5. The summed E-state index contributed by atoms with van der Waals surface area (Å²) in [7, 11) is 1.58. The van der Waals surface area contributed by atoms with E-state index in [2.05, 4.69) is 10.6 Å². The van der Waals surface area contributed by atoms with Gasteiger partial charge in [-0.05, 0) is 24.3 Å². The highest BCUT2D eigenvalue weighted by Gasteiger charge is 2.17. The molecule has 0 atom stereocenters. The second-order valence-electron chi connectivity index (χ2n) is 4.98. The summed E-state index contributed by atoms with van der Waals surface area (Å²) in [5.74, 6) is 1.18. The maximum absolute atomic E-state index is 11.9. The Labute approximate surface area is 118 Å². The quantitative estimate of drug-likeness (QED) is 0.729. The molecule has 0 saturated carbocycles. The molecule has 0 bridgehead atoms. The molecule has 0 spiro atoms. The molecular formula is C15H20N2O3. The van der Waals surface area contributed by atoms with Crippen molar-refractivity contribution in [2.24, 2.45) is 5.92 Å². The van der Waals surface area contributed by atoms with Gasteiger partial charge in [0.15, 0.2) is 5.78 Å². The standard InChI is InChI=1S/C15H20N2O3/c1-20-13-4-2-12(3-5-13)14(18)6-7-15(19)17-10-11-8-16-9-11/h2-5,11,16H,6-10H2,1H3,(H,17,19). The first-order valence-corrected chi connectivity index (χ1v) is 6.83. The number of hydrogen-bond acceptors (Lipinski definition) is 4. The molecule has 20 heavy (non-hydrogen) atoms. The number of amides is 1. The summed E-state index contributed by atoms with van der Waals surface area (Å²) in [5.41, 5.74) is 0.613.